The number of carbonyl (C=O) groups is 1. The smallest absolute Gasteiger partial charge is 0.258 e. The molecule has 7 nitrogen and oxygen atoms in total. The number of aliphatic hydroxyl groups excluding tert-OH is 1. The molecule has 4 heterocycles. The van der Waals surface area contributed by atoms with E-state index in [1.807, 2.05) is 35.9 Å². The highest BCUT2D eigenvalue weighted by atomic mass is 16.3. The van der Waals surface area contributed by atoms with Gasteiger partial charge in [0, 0.05) is 55.3 Å². The van der Waals surface area contributed by atoms with E-state index in [1.54, 1.807) is 12.4 Å². The first-order valence-electron chi connectivity index (χ1n) is 11.8. The van der Waals surface area contributed by atoms with Gasteiger partial charge in [-0.2, -0.15) is 0 Å². The fourth-order valence-electron chi connectivity index (χ4n) is 6.20. The molecule has 32 heavy (non-hydrogen) atoms. The molecule has 7 heteroatoms. The second kappa shape index (κ2) is 8.79. The summed E-state index contributed by atoms with van der Waals surface area (Å²) in [6.45, 7) is 1.13. The Balaban J connectivity index is 1.45. The molecule has 1 saturated carbocycles. The van der Waals surface area contributed by atoms with E-state index >= 15 is 0 Å². The molecule has 170 valence electrons. The number of carbonyl (C=O) groups excluding carboxylic acids is 1. The lowest BCUT2D eigenvalue weighted by Crippen LogP contribution is -2.44. The highest BCUT2D eigenvalue weighted by Crippen LogP contribution is 2.47. The van der Waals surface area contributed by atoms with E-state index in [9.17, 15) is 14.7 Å². The molecule has 2 bridgehead atoms. The molecule has 3 aliphatic rings. The molecule has 5 rings (SSSR count). The van der Waals surface area contributed by atoms with Crippen LogP contribution in [0.1, 0.15) is 43.8 Å². The molecule has 0 unspecified atom stereocenters. The zero-order valence-electron chi connectivity index (χ0n) is 18.6. The van der Waals surface area contributed by atoms with Gasteiger partial charge in [0.25, 0.3) is 5.56 Å². The van der Waals surface area contributed by atoms with Crippen LogP contribution in [0.4, 0.5) is 0 Å². The van der Waals surface area contributed by atoms with Crippen molar-refractivity contribution in [2.75, 3.05) is 20.2 Å². The van der Waals surface area contributed by atoms with Crippen molar-refractivity contribution in [2.45, 2.75) is 50.7 Å². The average Bonchev–Trinajstić information content (AvgIpc) is 3.01. The zero-order valence-corrected chi connectivity index (χ0v) is 18.6. The van der Waals surface area contributed by atoms with Gasteiger partial charge < -0.3 is 15.0 Å². The topological polar surface area (TPSA) is 87.5 Å². The third kappa shape index (κ3) is 3.57. The summed E-state index contributed by atoms with van der Waals surface area (Å²) in [6.07, 6.45) is 9.50. The minimum absolute atomic E-state index is 0.00748. The van der Waals surface area contributed by atoms with Crippen LogP contribution in [0, 0.1) is 17.8 Å². The number of likely N-dealkylation sites (N-methyl/N-ethyl adjacent to an activating group) is 1. The number of fused-ring (bicyclic) bond motifs is 4. The monoisotopic (exact) mass is 436 g/mol. The summed E-state index contributed by atoms with van der Waals surface area (Å²) in [5, 5.41) is 13.5. The molecule has 4 atom stereocenters. The Kier molecular flexibility index (Phi) is 5.86. The predicted octanol–water partition coefficient (Wildman–Crippen LogP) is 2.20. The molecule has 1 saturated heterocycles. The van der Waals surface area contributed by atoms with Crippen molar-refractivity contribution in [3.05, 3.63) is 52.7 Å². The van der Waals surface area contributed by atoms with Gasteiger partial charge in [0.1, 0.15) is 0 Å². The van der Waals surface area contributed by atoms with Crippen LogP contribution in [0.25, 0.3) is 11.1 Å². The average molecular weight is 437 g/mol. The van der Waals surface area contributed by atoms with E-state index in [1.165, 1.54) is 32.1 Å². The third-order valence-electron chi connectivity index (χ3n) is 7.93. The van der Waals surface area contributed by atoms with Gasteiger partial charge in [-0.05, 0) is 55.6 Å². The van der Waals surface area contributed by atoms with Crippen LogP contribution in [0.15, 0.2) is 41.5 Å². The number of rotatable bonds is 5. The van der Waals surface area contributed by atoms with Crippen LogP contribution in [0.5, 0.6) is 0 Å². The summed E-state index contributed by atoms with van der Waals surface area (Å²) in [4.78, 5) is 33.0. The lowest BCUT2D eigenvalue weighted by atomic mass is 9.85. The molecule has 2 aromatic rings. The predicted molar refractivity (Wildman–Crippen MR) is 122 cm³/mol. The number of hydrogen-bond acceptors (Lipinski definition) is 5. The van der Waals surface area contributed by atoms with Crippen molar-refractivity contribution >= 4 is 5.91 Å². The van der Waals surface area contributed by atoms with Crippen molar-refractivity contribution in [2.24, 2.45) is 17.8 Å². The highest BCUT2D eigenvalue weighted by Gasteiger charge is 2.54. The van der Waals surface area contributed by atoms with Crippen molar-refractivity contribution in [3.8, 4) is 11.1 Å². The van der Waals surface area contributed by atoms with Crippen LogP contribution in [-0.2, 0) is 11.3 Å². The quantitative estimate of drug-likeness (QED) is 0.750. The number of amides is 1. The fourth-order valence-corrected chi connectivity index (χ4v) is 6.20. The van der Waals surface area contributed by atoms with Gasteiger partial charge >= 0.3 is 0 Å². The Morgan fingerprint density at radius 2 is 1.91 bits per heavy atom. The SMILES string of the molecule is CN1[C@@H]2c3ccc(-c4ccncc4)c(=O)n3C[C@H]1[C@H](CO)[C@H]2C(=O)NCC1CCCCC1. The molecule has 0 spiro atoms. The normalized spacial score (nSPS) is 27.8. The molecule has 1 aliphatic carbocycles. The number of pyridine rings is 2. The second-order valence-corrected chi connectivity index (χ2v) is 9.62. The number of nitrogens with one attached hydrogen (secondary N) is 1. The van der Waals surface area contributed by atoms with Gasteiger partial charge in [-0.3, -0.25) is 19.5 Å². The van der Waals surface area contributed by atoms with Crippen molar-refractivity contribution in [3.63, 3.8) is 0 Å². The number of hydrogen-bond donors (Lipinski definition) is 2. The molecule has 2 fully saturated rings. The first-order chi connectivity index (χ1) is 15.6. The van der Waals surface area contributed by atoms with E-state index in [2.05, 4.69) is 15.2 Å². The van der Waals surface area contributed by atoms with Gasteiger partial charge in [-0.25, -0.2) is 0 Å². The standard InChI is InChI=1S/C25H32N4O3/c1-28-21-14-29-20(8-7-18(25(29)32)17-9-11-26-12-10-17)23(28)22(19(21)15-30)24(31)27-13-16-5-3-2-4-6-16/h7-12,16,19,21-23,30H,2-6,13-15H2,1H3,(H,27,31)/t19-,21-,22+,23+/m0/s1. The maximum Gasteiger partial charge on any atom is 0.258 e. The zero-order chi connectivity index (χ0) is 22.2. The van der Waals surface area contributed by atoms with E-state index in [-0.39, 0.29) is 42.0 Å². The minimum atomic E-state index is -0.362. The van der Waals surface area contributed by atoms with Gasteiger partial charge in [0.05, 0.1) is 12.0 Å². The molecule has 0 aromatic carbocycles. The minimum Gasteiger partial charge on any atom is -0.396 e. The maximum atomic E-state index is 13.4. The van der Waals surface area contributed by atoms with Gasteiger partial charge in [-0.15, -0.1) is 0 Å². The molecular formula is C25H32N4O3. The van der Waals surface area contributed by atoms with Crippen molar-refractivity contribution in [1.29, 1.82) is 0 Å². The Morgan fingerprint density at radius 3 is 2.62 bits per heavy atom. The Labute approximate surface area is 188 Å². The van der Waals surface area contributed by atoms with Crippen LogP contribution >= 0.6 is 0 Å². The Bertz CT molecular complexity index is 1030. The fraction of sp³-hybridized carbons (Fsp3) is 0.560. The Morgan fingerprint density at radius 1 is 1.16 bits per heavy atom. The lowest BCUT2D eigenvalue weighted by Gasteiger charge is -2.35. The maximum absolute atomic E-state index is 13.4. The molecule has 1 amide bonds. The van der Waals surface area contributed by atoms with Gasteiger partial charge in [0.15, 0.2) is 0 Å². The largest absolute Gasteiger partial charge is 0.396 e. The van der Waals surface area contributed by atoms with E-state index in [4.69, 9.17) is 0 Å². The Hall–Kier alpha value is -2.51. The number of nitrogens with zero attached hydrogens (tertiary/aromatic N) is 3. The van der Waals surface area contributed by atoms with Gasteiger partial charge in [-0.1, -0.05) is 19.3 Å². The molecule has 2 N–H and O–H groups in total. The van der Waals surface area contributed by atoms with E-state index in [0.717, 1.165) is 11.3 Å². The number of aromatic nitrogens is 2. The molecule has 2 aliphatic heterocycles. The second-order valence-electron chi connectivity index (χ2n) is 9.62. The lowest BCUT2D eigenvalue weighted by molar-refractivity contribution is -0.127. The van der Waals surface area contributed by atoms with Crippen LogP contribution in [0.3, 0.4) is 0 Å². The van der Waals surface area contributed by atoms with Crippen molar-refractivity contribution in [1.82, 2.24) is 19.8 Å². The first-order valence-corrected chi connectivity index (χ1v) is 11.8. The van der Waals surface area contributed by atoms with E-state index in [0.29, 0.717) is 24.6 Å². The van der Waals surface area contributed by atoms with Crippen LogP contribution in [0.2, 0.25) is 0 Å². The van der Waals surface area contributed by atoms with E-state index < -0.39 is 0 Å². The molecular weight excluding hydrogens is 404 g/mol. The summed E-state index contributed by atoms with van der Waals surface area (Å²) in [6, 6.07) is 7.26. The molecule has 2 aromatic heterocycles. The van der Waals surface area contributed by atoms with Crippen molar-refractivity contribution < 1.29 is 9.90 Å². The first kappa shape index (κ1) is 21.3. The van der Waals surface area contributed by atoms with Gasteiger partial charge in [0.2, 0.25) is 5.91 Å². The summed E-state index contributed by atoms with van der Waals surface area (Å²) in [5.41, 5.74) is 2.29. The summed E-state index contributed by atoms with van der Waals surface area (Å²) in [7, 11) is 2.01. The summed E-state index contributed by atoms with van der Waals surface area (Å²) < 4.78 is 1.82. The highest BCUT2D eigenvalue weighted by molar-refractivity contribution is 5.80. The van der Waals surface area contributed by atoms with Crippen LogP contribution in [-0.4, -0.2) is 51.7 Å². The third-order valence-corrected chi connectivity index (χ3v) is 7.93. The summed E-state index contributed by atoms with van der Waals surface area (Å²) >= 11 is 0. The number of aliphatic hydroxyl groups is 1. The summed E-state index contributed by atoms with van der Waals surface area (Å²) in [5.74, 6) is 0.00300. The molecule has 0 radical (unpaired) electrons. The van der Waals surface area contributed by atoms with Crippen LogP contribution < -0.4 is 10.9 Å².